The third-order valence-corrected chi connectivity index (χ3v) is 2.47. The molecule has 1 aromatic heterocycles. The van der Waals surface area contributed by atoms with Crippen molar-refractivity contribution in [2.24, 2.45) is 0 Å². The first kappa shape index (κ1) is 9.93. The molecule has 0 aliphatic heterocycles. The summed E-state index contributed by atoms with van der Waals surface area (Å²) in [6.45, 7) is 1.97. The van der Waals surface area contributed by atoms with Crippen LogP contribution in [0.2, 0.25) is 0 Å². The van der Waals surface area contributed by atoms with Crippen molar-refractivity contribution in [3.63, 3.8) is 0 Å². The zero-order valence-corrected chi connectivity index (χ0v) is 8.67. The normalized spacial score (nSPS) is 12.7. The number of aromatic nitrogens is 2. The Bertz CT molecular complexity index is 423. The Morgan fingerprint density at radius 2 is 2.20 bits per heavy atom. The van der Waals surface area contributed by atoms with E-state index in [1.807, 2.05) is 42.0 Å². The molecule has 1 aromatic carbocycles. The number of hydrogen-bond acceptors (Lipinski definition) is 2. The maximum absolute atomic E-state index is 9.88. The number of para-hydroxylation sites is 1. The Morgan fingerprint density at radius 1 is 1.40 bits per heavy atom. The van der Waals surface area contributed by atoms with Crippen LogP contribution in [0, 0.1) is 0 Å². The lowest BCUT2D eigenvalue weighted by molar-refractivity contribution is 0.173. The minimum Gasteiger partial charge on any atom is -0.388 e. The van der Waals surface area contributed by atoms with Gasteiger partial charge in [-0.25, -0.2) is 4.98 Å². The molecule has 1 atom stereocenters. The molecule has 1 N–H and O–H groups in total. The van der Waals surface area contributed by atoms with E-state index in [4.69, 9.17) is 0 Å². The highest BCUT2D eigenvalue weighted by Crippen LogP contribution is 2.23. The van der Waals surface area contributed by atoms with Crippen LogP contribution in [-0.2, 0) is 0 Å². The molecule has 0 spiro atoms. The van der Waals surface area contributed by atoms with Gasteiger partial charge in [0.1, 0.15) is 0 Å². The molecule has 0 aliphatic rings. The molecular weight excluding hydrogens is 188 g/mol. The van der Waals surface area contributed by atoms with Gasteiger partial charge < -0.3 is 9.67 Å². The molecule has 0 saturated carbocycles. The first-order valence-electron chi connectivity index (χ1n) is 5.08. The highest BCUT2D eigenvalue weighted by Gasteiger charge is 2.10. The maximum atomic E-state index is 9.88. The number of imidazole rings is 1. The van der Waals surface area contributed by atoms with E-state index in [0.29, 0.717) is 6.42 Å². The van der Waals surface area contributed by atoms with Crippen LogP contribution >= 0.6 is 0 Å². The quantitative estimate of drug-likeness (QED) is 0.829. The molecule has 0 unspecified atom stereocenters. The molecule has 15 heavy (non-hydrogen) atoms. The maximum Gasteiger partial charge on any atom is 0.0991 e. The summed E-state index contributed by atoms with van der Waals surface area (Å²) in [4.78, 5) is 4.01. The lowest BCUT2D eigenvalue weighted by Gasteiger charge is -2.14. The van der Waals surface area contributed by atoms with Gasteiger partial charge in [-0.15, -0.1) is 0 Å². The van der Waals surface area contributed by atoms with Crippen molar-refractivity contribution in [2.75, 3.05) is 0 Å². The summed E-state index contributed by atoms with van der Waals surface area (Å²) >= 11 is 0. The van der Waals surface area contributed by atoms with Gasteiger partial charge in [-0.3, -0.25) is 0 Å². The first-order chi connectivity index (χ1) is 7.33. The van der Waals surface area contributed by atoms with Gasteiger partial charge in [-0.05, 0) is 12.5 Å². The molecule has 2 aromatic rings. The first-order valence-corrected chi connectivity index (χ1v) is 5.08. The van der Waals surface area contributed by atoms with Crippen LogP contribution in [0.15, 0.2) is 43.0 Å². The number of hydrogen-bond donors (Lipinski definition) is 1. The third kappa shape index (κ3) is 1.92. The minimum atomic E-state index is -0.413. The van der Waals surface area contributed by atoms with Crippen molar-refractivity contribution in [2.45, 2.75) is 19.4 Å². The van der Waals surface area contributed by atoms with Crippen LogP contribution in [-0.4, -0.2) is 14.7 Å². The van der Waals surface area contributed by atoms with E-state index in [0.717, 1.165) is 11.3 Å². The number of aliphatic hydroxyl groups excluding tert-OH is 1. The predicted octanol–water partition coefficient (Wildman–Crippen LogP) is 2.32. The van der Waals surface area contributed by atoms with Crippen LogP contribution in [0.5, 0.6) is 0 Å². The van der Waals surface area contributed by atoms with Crippen LogP contribution in [0.25, 0.3) is 5.69 Å². The summed E-state index contributed by atoms with van der Waals surface area (Å²) in [7, 11) is 0. The molecule has 0 radical (unpaired) electrons. The van der Waals surface area contributed by atoms with E-state index in [-0.39, 0.29) is 0 Å². The van der Waals surface area contributed by atoms with Gasteiger partial charge in [0.25, 0.3) is 0 Å². The van der Waals surface area contributed by atoms with Crippen LogP contribution in [0.3, 0.4) is 0 Å². The van der Waals surface area contributed by atoms with Crippen molar-refractivity contribution < 1.29 is 5.11 Å². The highest BCUT2D eigenvalue weighted by atomic mass is 16.3. The fourth-order valence-corrected chi connectivity index (χ4v) is 1.63. The topological polar surface area (TPSA) is 38.0 Å². The Balaban J connectivity index is 2.47. The highest BCUT2D eigenvalue weighted by molar-refractivity contribution is 5.42. The van der Waals surface area contributed by atoms with Gasteiger partial charge in [0.05, 0.1) is 18.1 Å². The van der Waals surface area contributed by atoms with E-state index in [2.05, 4.69) is 4.98 Å². The van der Waals surface area contributed by atoms with Gasteiger partial charge >= 0.3 is 0 Å². The fourth-order valence-electron chi connectivity index (χ4n) is 1.63. The largest absolute Gasteiger partial charge is 0.388 e. The molecule has 78 valence electrons. The van der Waals surface area contributed by atoms with E-state index in [9.17, 15) is 5.11 Å². The molecule has 0 fully saturated rings. The Hall–Kier alpha value is -1.61. The summed E-state index contributed by atoms with van der Waals surface area (Å²) in [5, 5.41) is 9.88. The standard InChI is InChI=1S/C12H14N2O/c1-2-12(15)10-5-3-4-6-11(10)14-8-7-13-9-14/h3-9,12,15H,2H2,1H3/t12-/m1/s1. The smallest absolute Gasteiger partial charge is 0.0991 e. The van der Waals surface area contributed by atoms with Crippen molar-refractivity contribution in [3.8, 4) is 5.69 Å². The number of benzene rings is 1. The molecule has 2 rings (SSSR count). The second-order valence-electron chi connectivity index (χ2n) is 3.45. The SMILES string of the molecule is CC[C@@H](O)c1ccccc1-n1ccnc1. The van der Waals surface area contributed by atoms with Gasteiger partial charge in [-0.1, -0.05) is 25.1 Å². The predicted molar refractivity (Wildman–Crippen MR) is 58.8 cm³/mol. The number of rotatable bonds is 3. The number of nitrogens with zero attached hydrogens (tertiary/aromatic N) is 2. The van der Waals surface area contributed by atoms with E-state index in [1.54, 1.807) is 12.5 Å². The lowest BCUT2D eigenvalue weighted by atomic mass is 10.1. The molecule has 3 heteroatoms. The van der Waals surface area contributed by atoms with Crippen LogP contribution in [0.1, 0.15) is 25.0 Å². The monoisotopic (exact) mass is 202 g/mol. The summed E-state index contributed by atoms with van der Waals surface area (Å²) in [6, 6.07) is 7.83. The van der Waals surface area contributed by atoms with E-state index in [1.165, 1.54) is 0 Å². The van der Waals surface area contributed by atoms with Crippen LogP contribution < -0.4 is 0 Å². The van der Waals surface area contributed by atoms with E-state index >= 15 is 0 Å². The van der Waals surface area contributed by atoms with Crippen molar-refractivity contribution in [1.82, 2.24) is 9.55 Å². The van der Waals surface area contributed by atoms with Crippen molar-refractivity contribution in [3.05, 3.63) is 48.5 Å². The van der Waals surface area contributed by atoms with Gasteiger partial charge in [0.15, 0.2) is 0 Å². The van der Waals surface area contributed by atoms with Gasteiger partial charge in [0, 0.05) is 18.0 Å². The van der Waals surface area contributed by atoms with Crippen LogP contribution in [0.4, 0.5) is 0 Å². The molecule has 1 heterocycles. The summed E-state index contributed by atoms with van der Waals surface area (Å²) in [6.07, 6.45) is 5.65. The summed E-state index contributed by atoms with van der Waals surface area (Å²) in [5.74, 6) is 0. The second-order valence-corrected chi connectivity index (χ2v) is 3.45. The molecule has 0 amide bonds. The average molecular weight is 202 g/mol. The van der Waals surface area contributed by atoms with Gasteiger partial charge in [-0.2, -0.15) is 0 Å². The van der Waals surface area contributed by atoms with Gasteiger partial charge in [0.2, 0.25) is 0 Å². The zero-order chi connectivity index (χ0) is 10.7. The summed E-state index contributed by atoms with van der Waals surface area (Å²) in [5.41, 5.74) is 1.93. The zero-order valence-electron chi connectivity index (χ0n) is 8.67. The third-order valence-electron chi connectivity index (χ3n) is 2.47. The Kier molecular flexibility index (Phi) is 2.83. The molecule has 0 aliphatic carbocycles. The summed E-state index contributed by atoms with van der Waals surface area (Å²) < 4.78 is 1.91. The number of aliphatic hydroxyl groups is 1. The Labute approximate surface area is 89.0 Å². The average Bonchev–Trinajstić information content (AvgIpc) is 2.81. The fraction of sp³-hybridized carbons (Fsp3) is 0.250. The van der Waals surface area contributed by atoms with Crippen molar-refractivity contribution in [1.29, 1.82) is 0 Å². The molecule has 3 nitrogen and oxygen atoms in total. The molecule has 0 saturated heterocycles. The minimum absolute atomic E-state index is 0.413. The lowest BCUT2D eigenvalue weighted by Crippen LogP contribution is -2.02. The second kappa shape index (κ2) is 4.28. The van der Waals surface area contributed by atoms with Crippen molar-refractivity contribution >= 4 is 0 Å². The van der Waals surface area contributed by atoms with E-state index < -0.39 is 6.10 Å². The molecular formula is C12H14N2O. The Morgan fingerprint density at radius 3 is 2.87 bits per heavy atom. The molecule has 0 bridgehead atoms.